The summed E-state index contributed by atoms with van der Waals surface area (Å²) in [5, 5.41) is 3.08. The molecular formula is C29H28ClN3O5S2. The van der Waals surface area contributed by atoms with Crippen molar-refractivity contribution in [2.75, 3.05) is 14.8 Å². The minimum atomic E-state index is -3.97. The van der Waals surface area contributed by atoms with E-state index in [0.29, 0.717) is 33.2 Å². The zero-order valence-corrected chi connectivity index (χ0v) is 24.6. The van der Waals surface area contributed by atoms with E-state index in [1.54, 1.807) is 38.1 Å². The lowest BCUT2D eigenvalue weighted by Crippen LogP contribution is -2.18. The third-order valence-electron chi connectivity index (χ3n) is 6.23. The van der Waals surface area contributed by atoms with Crippen molar-refractivity contribution in [3.8, 4) is 0 Å². The fraction of sp³-hybridized carbons (Fsp3) is 0.138. The van der Waals surface area contributed by atoms with Crippen molar-refractivity contribution in [3.05, 3.63) is 112 Å². The second kappa shape index (κ2) is 11.3. The van der Waals surface area contributed by atoms with Gasteiger partial charge in [-0.25, -0.2) is 16.8 Å². The van der Waals surface area contributed by atoms with Crippen LogP contribution in [0.25, 0.3) is 0 Å². The number of carbonyl (C=O) groups is 1. The summed E-state index contributed by atoms with van der Waals surface area (Å²) in [6.07, 6.45) is 0. The van der Waals surface area contributed by atoms with Gasteiger partial charge in [0, 0.05) is 16.3 Å². The van der Waals surface area contributed by atoms with Crippen LogP contribution >= 0.6 is 11.6 Å². The average molecular weight is 598 g/mol. The van der Waals surface area contributed by atoms with Gasteiger partial charge < -0.3 is 5.32 Å². The zero-order chi connectivity index (χ0) is 29.2. The van der Waals surface area contributed by atoms with Crippen LogP contribution in [-0.4, -0.2) is 22.7 Å². The monoisotopic (exact) mass is 597 g/mol. The van der Waals surface area contributed by atoms with Crippen molar-refractivity contribution in [1.82, 2.24) is 0 Å². The molecular weight excluding hydrogens is 570 g/mol. The molecule has 4 rings (SSSR count). The van der Waals surface area contributed by atoms with Crippen LogP contribution < -0.4 is 14.8 Å². The molecule has 0 unspecified atom stereocenters. The van der Waals surface area contributed by atoms with Gasteiger partial charge in [0.2, 0.25) is 0 Å². The molecule has 40 heavy (non-hydrogen) atoms. The zero-order valence-electron chi connectivity index (χ0n) is 22.2. The van der Waals surface area contributed by atoms with Gasteiger partial charge in [0.05, 0.1) is 21.2 Å². The van der Waals surface area contributed by atoms with Gasteiger partial charge in [-0.3, -0.25) is 14.2 Å². The third-order valence-corrected chi connectivity index (χ3v) is 9.36. The molecule has 0 heterocycles. The fourth-order valence-corrected chi connectivity index (χ4v) is 6.68. The summed E-state index contributed by atoms with van der Waals surface area (Å²) in [5.41, 5.74) is 4.25. The van der Waals surface area contributed by atoms with Crippen LogP contribution in [0.15, 0.2) is 88.7 Å². The maximum absolute atomic E-state index is 13.2. The van der Waals surface area contributed by atoms with Crippen LogP contribution in [0.5, 0.6) is 0 Å². The van der Waals surface area contributed by atoms with Gasteiger partial charge in [-0.1, -0.05) is 41.4 Å². The molecule has 4 aromatic carbocycles. The van der Waals surface area contributed by atoms with Crippen molar-refractivity contribution in [1.29, 1.82) is 0 Å². The van der Waals surface area contributed by atoms with Gasteiger partial charge in [0.15, 0.2) is 0 Å². The minimum absolute atomic E-state index is 0.00827. The van der Waals surface area contributed by atoms with E-state index in [1.165, 1.54) is 42.5 Å². The number of rotatable bonds is 8. The number of sulfonamides is 2. The van der Waals surface area contributed by atoms with Gasteiger partial charge in [-0.2, -0.15) is 0 Å². The summed E-state index contributed by atoms with van der Waals surface area (Å²) in [6, 6.07) is 20.3. The fourth-order valence-electron chi connectivity index (χ4n) is 3.99. The van der Waals surface area contributed by atoms with Crippen LogP contribution in [0.1, 0.15) is 32.6 Å². The smallest absolute Gasteiger partial charge is 0.262 e. The Balaban J connectivity index is 1.51. The van der Waals surface area contributed by atoms with E-state index in [1.807, 2.05) is 26.0 Å². The number of hydrogen-bond acceptors (Lipinski definition) is 5. The number of nitrogens with one attached hydrogen (secondary N) is 3. The van der Waals surface area contributed by atoms with Gasteiger partial charge in [-0.15, -0.1) is 0 Å². The molecule has 0 aliphatic heterocycles. The minimum Gasteiger partial charge on any atom is -0.322 e. The number of anilines is 3. The average Bonchev–Trinajstić information content (AvgIpc) is 2.88. The number of halogens is 1. The van der Waals surface area contributed by atoms with Crippen molar-refractivity contribution < 1.29 is 21.6 Å². The molecule has 1 amide bonds. The summed E-state index contributed by atoms with van der Waals surface area (Å²) < 4.78 is 57.2. The van der Waals surface area contributed by atoms with Gasteiger partial charge in [0.25, 0.3) is 26.0 Å². The van der Waals surface area contributed by atoms with Crippen LogP contribution in [0.2, 0.25) is 5.02 Å². The highest BCUT2D eigenvalue weighted by Gasteiger charge is 2.21. The molecule has 4 aromatic rings. The molecule has 3 N–H and O–H groups in total. The molecule has 0 radical (unpaired) electrons. The lowest BCUT2D eigenvalue weighted by atomic mass is 10.1. The molecule has 0 aliphatic rings. The first-order valence-corrected chi connectivity index (χ1v) is 15.5. The lowest BCUT2D eigenvalue weighted by molar-refractivity contribution is 0.102. The Kier molecular flexibility index (Phi) is 8.25. The molecule has 0 saturated heterocycles. The predicted octanol–water partition coefficient (Wildman–Crippen LogP) is 6.43. The predicted molar refractivity (Wildman–Crippen MR) is 159 cm³/mol. The Morgan fingerprint density at radius 3 is 1.98 bits per heavy atom. The van der Waals surface area contributed by atoms with E-state index in [2.05, 4.69) is 14.8 Å². The molecule has 11 heteroatoms. The summed E-state index contributed by atoms with van der Waals surface area (Å²) >= 11 is 5.99. The van der Waals surface area contributed by atoms with E-state index in [4.69, 9.17) is 11.6 Å². The van der Waals surface area contributed by atoms with E-state index in [9.17, 15) is 21.6 Å². The van der Waals surface area contributed by atoms with Crippen molar-refractivity contribution >= 4 is 54.6 Å². The van der Waals surface area contributed by atoms with E-state index in [-0.39, 0.29) is 15.4 Å². The van der Waals surface area contributed by atoms with E-state index >= 15 is 0 Å². The molecule has 208 valence electrons. The maximum Gasteiger partial charge on any atom is 0.262 e. The Labute approximate surface area is 239 Å². The number of carbonyl (C=O) groups excluding carboxylic acids is 1. The standard InChI is InChI=1S/C29H28ClN3O5S2/c1-18-5-14-26(21(4)15-18)32-40(37,38)28-16-22(8-6-20(28)3)29(34)31-24-10-12-25(13-11-24)39(35,36)33-27-17-23(30)9-7-19(27)2/h5-17,32-33H,1-4H3,(H,31,34). The Bertz CT molecular complexity index is 1820. The van der Waals surface area contributed by atoms with E-state index in [0.717, 1.165) is 11.1 Å². The molecule has 0 aliphatic carbocycles. The van der Waals surface area contributed by atoms with Gasteiger partial charge >= 0.3 is 0 Å². The third kappa shape index (κ3) is 6.64. The second-order valence-corrected chi connectivity index (χ2v) is 13.2. The number of benzene rings is 4. The first-order valence-electron chi connectivity index (χ1n) is 12.2. The van der Waals surface area contributed by atoms with Crippen LogP contribution in [0.3, 0.4) is 0 Å². The highest BCUT2D eigenvalue weighted by Crippen LogP contribution is 2.26. The largest absolute Gasteiger partial charge is 0.322 e. The Morgan fingerprint density at radius 2 is 1.30 bits per heavy atom. The van der Waals surface area contributed by atoms with Crippen molar-refractivity contribution in [3.63, 3.8) is 0 Å². The topological polar surface area (TPSA) is 121 Å². The molecule has 0 spiro atoms. The molecule has 0 saturated carbocycles. The Morgan fingerprint density at radius 1 is 0.650 bits per heavy atom. The summed E-state index contributed by atoms with van der Waals surface area (Å²) in [6.45, 7) is 7.14. The summed E-state index contributed by atoms with van der Waals surface area (Å²) in [5.74, 6) is -0.550. The molecule has 0 bridgehead atoms. The lowest BCUT2D eigenvalue weighted by Gasteiger charge is -2.14. The number of aryl methyl sites for hydroxylation is 4. The summed E-state index contributed by atoms with van der Waals surface area (Å²) in [4.78, 5) is 12.9. The second-order valence-electron chi connectivity index (χ2n) is 9.45. The molecule has 0 fully saturated rings. The molecule has 0 atom stereocenters. The SMILES string of the molecule is Cc1ccc(NS(=O)(=O)c2cc(C(=O)Nc3ccc(S(=O)(=O)Nc4cc(Cl)ccc4C)cc3)ccc2C)c(C)c1. The number of amides is 1. The summed E-state index contributed by atoms with van der Waals surface area (Å²) in [7, 11) is -7.88. The maximum atomic E-state index is 13.2. The quantitative estimate of drug-likeness (QED) is 0.216. The molecule has 0 aromatic heterocycles. The van der Waals surface area contributed by atoms with Crippen LogP contribution in [0.4, 0.5) is 17.1 Å². The Hall–Kier alpha value is -3.86. The first kappa shape index (κ1) is 29.1. The van der Waals surface area contributed by atoms with Gasteiger partial charge in [0.1, 0.15) is 0 Å². The van der Waals surface area contributed by atoms with Crippen LogP contribution in [-0.2, 0) is 20.0 Å². The number of hydrogen-bond donors (Lipinski definition) is 3. The van der Waals surface area contributed by atoms with E-state index < -0.39 is 26.0 Å². The van der Waals surface area contributed by atoms with Crippen molar-refractivity contribution in [2.45, 2.75) is 37.5 Å². The normalized spacial score (nSPS) is 11.6. The molecule has 8 nitrogen and oxygen atoms in total. The van der Waals surface area contributed by atoms with Gasteiger partial charge in [-0.05, 0) is 99.0 Å². The van der Waals surface area contributed by atoms with Crippen molar-refractivity contribution in [2.24, 2.45) is 0 Å². The highest BCUT2D eigenvalue weighted by atomic mass is 35.5. The van der Waals surface area contributed by atoms with Crippen LogP contribution in [0, 0.1) is 27.7 Å². The highest BCUT2D eigenvalue weighted by molar-refractivity contribution is 7.93. The first-order chi connectivity index (χ1) is 18.7.